The molecule has 0 amide bonds. The maximum atomic E-state index is 5.75. The molecule has 2 nitrogen and oxygen atoms in total. The van der Waals surface area contributed by atoms with Gasteiger partial charge in [0, 0.05) is 25.5 Å². The monoisotopic (exact) mass is 416 g/mol. The summed E-state index contributed by atoms with van der Waals surface area (Å²) >= 11 is 5.74. The minimum Gasteiger partial charge on any atom is -0.399 e. The second kappa shape index (κ2) is 5.93. The zero-order valence-corrected chi connectivity index (χ0v) is 13.7. The molecule has 0 aromatic heterocycles. The van der Waals surface area contributed by atoms with Crippen LogP contribution in [0.1, 0.15) is 18.5 Å². The van der Waals surface area contributed by atoms with Crippen molar-refractivity contribution in [2.75, 3.05) is 11.1 Å². The summed E-state index contributed by atoms with van der Waals surface area (Å²) in [6.45, 7) is 2.15. The quantitative estimate of drug-likeness (QED) is 0.556. The Bertz CT molecular complexity index is 540. The topological polar surface area (TPSA) is 38.0 Å². The van der Waals surface area contributed by atoms with Crippen molar-refractivity contribution in [3.8, 4) is 0 Å². The van der Waals surface area contributed by atoms with E-state index in [-0.39, 0.29) is 6.04 Å². The second-order valence-corrected chi connectivity index (χ2v) is 6.23. The fourth-order valence-electron chi connectivity index (χ4n) is 1.72. The molecule has 0 saturated carbocycles. The number of nitrogens with one attached hydrogen (secondary N) is 1. The Morgan fingerprint density at radius 3 is 2.44 bits per heavy atom. The van der Waals surface area contributed by atoms with Crippen LogP contribution in [0.25, 0.3) is 0 Å². The summed E-state index contributed by atoms with van der Waals surface area (Å²) in [7, 11) is 0. The summed E-state index contributed by atoms with van der Waals surface area (Å²) in [4.78, 5) is 0. The molecule has 0 spiro atoms. The average Bonchev–Trinajstić information content (AvgIpc) is 2.33. The molecule has 0 aliphatic carbocycles. The highest BCUT2D eigenvalue weighted by Gasteiger charge is 2.07. The van der Waals surface area contributed by atoms with Crippen molar-refractivity contribution in [2.24, 2.45) is 0 Å². The number of anilines is 2. The van der Waals surface area contributed by atoms with Gasteiger partial charge in [-0.15, -0.1) is 0 Å². The molecular formula is C14H14BrIN2. The molecule has 4 heteroatoms. The van der Waals surface area contributed by atoms with Crippen LogP contribution >= 0.6 is 38.5 Å². The van der Waals surface area contributed by atoms with E-state index < -0.39 is 0 Å². The van der Waals surface area contributed by atoms with Crippen molar-refractivity contribution in [2.45, 2.75) is 13.0 Å². The molecule has 0 aliphatic rings. The molecule has 1 unspecified atom stereocenters. The first-order valence-corrected chi connectivity index (χ1v) is 7.50. The molecule has 3 N–H and O–H groups in total. The number of benzene rings is 2. The van der Waals surface area contributed by atoms with E-state index in [9.17, 15) is 0 Å². The predicted octanol–water partition coefficient (Wildman–Crippen LogP) is 4.81. The van der Waals surface area contributed by atoms with E-state index in [4.69, 9.17) is 5.73 Å². The molecule has 2 aromatic rings. The van der Waals surface area contributed by atoms with E-state index in [0.29, 0.717) is 0 Å². The Labute approximate surface area is 129 Å². The van der Waals surface area contributed by atoms with Crippen molar-refractivity contribution >= 4 is 49.9 Å². The Kier molecular flexibility index (Phi) is 4.50. The van der Waals surface area contributed by atoms with Gasteiger partial charge in [-0.3, -0.25) is 0 Å². The first-order chi connectivity index (χ1) is 8.56. The largest absolute Gasteiger partial charge is 0.399 e. The predicted molar refractivity (Wildman–Crippen MR) is 89.8 cm³/mol. The molecule has 1 atom stereocenters. The zero-order chi connectivity index (χ0) is 13.1. The highest BCUT2D eigenvalue weighted by atomic mass is 127. The number of rotatable bonds is 3. The molecule has 0 fully saturated rings. The van der Waals surface area contributed by atoms with Crippen LogP contribution in [0.5, 0.6) is 0 Å². The Hall–Kier alpha value is -0.750. The molecule has 0 aliphatic heterocycles. The van der Waals surface area contributed by atoms with Gasteiger partial charge in [0.15, 0.2) is 0 Å². The number of halogens is 2. The van der Waals surface area contributed by atoms with Gasteiger partial charge in [0.25, 0.3) is 0 Å². The lowest BCUT2D eigenvalue weighted by Gasteiger charge is -2.17. The lowest BCUT2D eigenvalue weighted by atomic mass is 10.1. The molecule has 0 bridgehead atoms. The summed E-state index contributed by atoms with van der Waals surface area (Å²) in [5, 5.41) is 3.49. The van der Waals surface area contributed by atoms with Crippen LogP contribution < -0.4 is 11.1 Å². The third kappa shape index (κ3) is 3.38. The first kappa shape index (κ1) is 13.7. The van der Waals surface area contributed by atoms with Gasteiger partial charge in [0.2, 0.25) is 0 Å². The molecule has 94 valence electrons. The maximum absolute atomic E-state index is 5.75. The molecule has 2 rings (SSSR count). The van der Waals surface area contributed by atoms with Crippen LogP contribution in [0.4, 0.5) is 11.4 Å². The number of hydrogen-bond acceptors (Lipinski definition) is 2. The van der Waals surface area contributed by atoms with Crippen LogP contribution in [0, 0.1) is 3.57 Å². The third-order valence-corrected chi connectivity index (χ3v) is 4.16. The fraction of sp³-hybridized carbons (Fsp3) is 0.143. The van der Waals surface area contributed by atoms with Crippen LogP contribution in [0.15, 0.2) is 46.9 Å². The molecule has 18 heavy (non-hydrogen) atoms. The van der Waals surface area contributed by atoms with Crippen LogP contribution in [-0.4, -0.2) is 0 Å². The number of nitrogen functional groups attached to an aromatic ring is 1. The minimum atomic E-state index is 0.259. The number of hydrogen-bond donors (Lipinski definition) is 2. The van der Waals surface area contributed by atoms with Crippen molar-refractivity contribution in [1.29, 1.82) is 0 Å². The van der Waals surface area contributed by atoms with Crippen LogP contribution in [0.2, 0.25) is 0 Å². The van der Waals surface area contributed by atoms with Gasteiger partial charge in [-0.05, 0) is 65.4 Å². The highest BCUT2D eigenvalue weighted by Crippen LogP contribution is 2.26. The van der Waals surface area contributed by atoms with Crippen molar-refractivity contribution in [1.82, 2.24) is 0 Å². The van der Waals surface area contributed by atoms with Crippen molar-refractivity contribution in [3.63, 3.8) is 0 Å². The van der Waals surface area contributed by atoms with Crippen LogP contribution in [-0.2, 0) is 0 Å². The third-order valence-electron chi connectivity index (χ3n) is 2.74. The second-order valence-electron chi connectivity index (χ2n) is 4.16. The minimum absolute atomic E-state index is 0.259. The summed E-state index contributed by atoms with van der Waals surface area (Å²) in [6, 6.07) is 14.5. The zero-order valence-electron chi connectivity index (χ0n) is 9.95. The summed E-state index contributed by atoms with van der Waals surface area (Å²) in [5.41, 5.74) is 8.91. The van der Waals surface area contributed by atoms with Gasteiger partial charge in [-0.2, -0.15) is 0 Å². The van der Waals surface area contributed by atoms with Gasteiger partial charge in [-0.25, -0.2) is 0 Å². The first-order valence-electron chi connectivity index (χ1n) is 5.63. The van der Waals surface area contributed by atoms with E-state index in [1.165, 1.54) is 5.56 Å². The van der Waals surface area contributed by atoms with Gasteiger partial charge in [-0.1, -0.05) is 28.1 Å². The molecular weight excluding hydrogens is 403 g/mol. The molecule has 0 radical (unpaired) electrons. The molecule has 0 heterocycles. The average molecular weight is 417 g/mol. The van der Waals surface area contributed by atoms with Crippen molar-refractivity contribution < 1.29 is 0 Å². The van der Waals surface area contributed by atoms with Gasteiger partial charge >= 0.3 is 0 Å². The fourth-order valence-corrected chi connectivity index (χ4v) is 2.68. The highest BCUT2D eigenvalue weighted by molar-refractivity contribution is 14.1. The smallest absolute Gasteiger partial charge is 0.0486 e. The molecule has 0 saturated heterocycles. The molecule has 2 aromatic carbocycles. The Balaban J connectivity index is 2.15. The van der Waals surface area contributed by atoms with Gasteiger partial charge in [0.05, 0.1) is 0 Å². The lowest BCUT2D eigenvalue weighted by Crippen LogP contribution is -2.07. The van der Waals surface area contributed by atoms with E-state index in [1.54, 1.807) is 0 Å². The summed E-state index contributed by atoms with van der Waals surface area (Å²) in [5.74, 6) is 0. The summed E-state index contributed by atoms with van der Waals surface area (Å²) < 4.78 is 2.23. The van der Waals surface area contributed by atoms with Gasteiger partial charge < -0.3 is 11.1 Å². The summed E-state index contributed by atoms with van der Waals surface area (Å²) in [6.07, 6.45) is 0. The van der Waals surface area contributed by atoms with E-state index in [2.05, 4.69) is 75.0 Å². The van der Waals surface area contributed by atoms with Gasteiger partial charge in [0.1, 0.15) is 0 Å². The SMILES string of the molecule is CC(Nc1ccc(N)cc1I)c1ccc(Br)cc1. The Morgan fingerprint density at radius 1 is 1.17 bits per heavy atom. The van der Waals surface area contributed by atoms with E-state index >= 15 is 0 Å². The Morgan fingerprint density at radius 2 is 1.83 bits per heavy atom. The lowest BCUT2D eigenvalue weighted by molar-refractivity contribution is 0.883. The van der Waals surface area contributed by atoms with E-state index in [0.717, 1.165) is 19.4 Å². The normalized spacial score (nSPS) is 12.2. The van der Waals surface area contributed by atoms with Crippen molar-refractivity contribution in [3.05, 3.63) is 56.1 Å². The van der Waals surface area contributed by atoms with Crippen LogP contribution in [0.3, 0.4) is 0 Å². The standard InChI is InChI=1S/C14H14BrIN2/c1-9(10-2-4-11(15)5-3-10)18-14-7-6-12(17)8-13(14)16/h2-9,18H,17H2,1H3. The maximum Gasteiger partial charge on any atom is 0.0486 e. The van der Waals surface area contributed by atoms with E-state index in [1.807, 2.05) is 18.2 Å². The number of nitrogens with two attached hydrogens (primary N) is 1.